The molecule has 1 unspecified atom stereocenters. The molecule has 0 heterocycles. The van der Waals surface area contributed by atoms with E-state index in [1.807, 2.05) is 0 Å². The molecule has 5 nitrogen and oxygen atoms in total. The molecule has 0 saturated heterocycles. The summed E-state index contributed by atoms with van der Waals surface area (Å²) in [6.45, 7) is 0. The fraction of sp³-hybridized carbons (Fsp3) is 0.667. The van der Waals surface area contributed by atoms with Gasteiger partial charge in [0.1, 0.15) is 0 Å². The summed E-state index contributed by atoms with van der Waals surface area (Å²) in [5.74, 6) is -2.76. The van der Waals surface area contributed by atoms with Gasteiger partial charge in [-0.1, -0.05) is 0 Å². The largest absolute Gasteiger partial charge is 0.489 e. The second-order valence-corrected chi connectivity index (χ2v) is 2.23. The van der Waals surface area contributed by atoms with Crippen molar-refractivity contribution in [3.8, 4) is 0 Å². The fourth-order valence-electron chi connectivity index (χ4n) is 0.303. The van der Waals surface area contributed by atoms with Crippen molar-refractivity contribution >= 4 is 17.6 Å². The average Bonchev–Trinajstić information content (AvgIpc) is 1.82. The van der Waals surface area contributed by atoms with Gasteiger partial charge in [-0.3, -0.25) is 10.1 Å². The highest BCUT2D eigenvalue weighted by Crippen LogP contribution is 2.36. The highest BCUT2D eigenvalue weighted by molar-refractivity contribution is 6.32. The van der Waals surface area contributed by atoms with Gasteiger partial charge in [0.2, 0.25) is 0 Å². The van der Waals surface area contributed by atoms with Crippen molar-refractivity contribution < 1.29 is 28.0 Å². The van der Waals surface area contributed by atoms with Crippen LogP contribution in [0.25, 0.3) is 0 Å². The number of hydrogen-bond acceptors (Lipinski definition) is 3. The highest BCUT2D eigenvalue weighted by Gasteiger charge is 2.72. The zero-order chi connectivity index (χ0) is 10.2. The predicted octanol–water partition coefficient (Wildman–Crippen LogP) is 0.845. The second-order valence-electron chi connectivity index (χ2n) is 1.68. The maximum absolute atomic E-state index is 11.7. The monoisotopic (exact) mass is 207 g/mol. The van der Waals surface area contributed by atoms with E-state index in [0.717, 1.165) is 0 Å². The Morgan fingerprint density at radius 2 is 1.83 bits per heavy atom. The SMILES string of the molecule is O=C(O)C(Cl)([N+](=O)[O-])C(F)(F)F. The number of carboxylic acids is 1. The third kappa shape index (κ3) is 1.42. The van der Waals surface area contributed by atoms with E-state index in [2.05, 4.69) is 11.6 Å². The van der Waals surface area contributed by atoms with Gasteiger partial charge in [-0.25, -0.2) is 4.79 Å². The zero-order valence-electron chi connectivity index (χ0n) is 5.13. The number of aliphatic carboxylic acids is 1. The number of nitrogens with zero attached hydrogens (tertiary/aromatic N) is 1. The molecular formula is C3HClF3NO4. The Labute approximate surface area is 67.9 Å². The van der Waals surface area contributed by atoms with Gasteiger partial charge < -0.3 is 5.11 Å². The molecule has 0 aliphatic heterocycles. The summed E-state index contributed by atoms with van der Waals surface area (Å²) in [4.78, 5) is 12.9. The molecule has 0 bridgehead atoms. The number of rotatable bonds is 2. The van der Waals surface area contributed by atoms with E-state index < -0.39 is 22.1 Å². The van der Waals surface area contributed by atoms with Crippen LogP contribution in [0.2, 0.25) is 0 Å². The van der Waals surface area contributed by atoms with Gasteiger partial charge in [-0.2, -0.15) is 13.2 Å². The van der Waals surface area contributed by atoms with Crippen molar-refractivity contribution in [3.05, 3.63) is 10.1 Å². The summed E-state index contributed by atoms with van der Waals surface area (Å²) >= 11 is 4.26. The average molecular weight is 207 g/mol. The first-order valence-electron chi connectivity index (χ1n) is 2.27. The molecule has 70 valence electrons. The third-order valence-electron chi connectivity index (χ3n) is 0.911. The molecule has 1 N–H and O–H groups in total. The highest BCUT2D eigenvalue weighted by atomic mass is 35.5. The predicted molar refractivity (Wildman–Crippen MR) is 29.3 cm³/mol. The summed E-state index contributed by atoms with van der Waals surface area (Å²) in [5.41, 5.74) is 0. The molecule has 0 fully saturated rings. The molecule has 0 amide bonds. The van der Waals surface area contributed by atoms with Crippen LogP contribution in [0.4, 0.5) is 13.2 Å². The normalized spacial score (nSPS) is 16.7. The number of hydrogen-bond donors (Lipinski definition) is 1. The summed E-state index contributed by atoms with van der Waals surface area (Å²) in [7, 11) is 0. The molecule has 0 aliphatic rings. The van der Waals surface area contributed by atoms with E-state index in [-0.39, 0.29) is 0 Å². The maximum atomic E-state index is 11.7. The molecular weight excluding hydrogens is 206 g/mol. The van der Waals surface area contributed by atoms with Crippen LogP contribution in [0.5, 0.6) is 0 Å². The third-order valence-corrected chi connectivity index (χ3v) is 1.42. The summed E-state index contributed by atoms with van der Waals surface area (Å²) in [5, 5.41) is 17.5. The molecule has 0 saturated carbocycles. The molecule has 0 aromatic rings. The van der Waals surface area contributed by atoms with E-state index in [1.165, 1.54) is 0 Å². The van der Waals surface area contributed by atoms with E-state index >= 15 is 0 Å². The Kier molecular flexibility index (Phi) is 2.53. The molecule has 0 aromatic heterocycles. The standard InChI is InChI=1S/C3HClF3NO4/c4-2(1(9)10,8(11)12)3(5,6)7/h(H,9,10). The number of alkyl halides is 4. The molecule has 0 rings (SSSR count). The van der Waals surface area contributed by atoms with Crippen LogP contribution in [0.3, 0.4) is 0 Å². The van der Waals surface area contributed by atoms with Crippen molar-refractivity contribution in [2.75, 3.05) is 0 Å². The number of halogens is 4. The van der Waals surface area contributed by atoms with E-state index in [0.29, 0.717) is 0 Å². The fourth-order valence-corrected chi connectivity index (χ4v) is 0.303. The van der Waals surface area contributed by atoms with Crippen molar-refractivity contribution in [2.45, 2.75) is 11.2 Å². The maximum Gasteiger partial charge on any atom is 0.489 e. The van der Waals surface area contributed by atoms with Gasteiger partial charge in [0.15, 0.2) is 0 Å². The topological polar surface area (TPSA) is 80.4 Å². The van der Waals surface area contributed by atoms with Crippen molar-refractivity contribution in [1.29, 1.82) is 0 Å². The first kappa shape index (κ1) is 11.0. The summed E-state index contributed by atoms with van der Waals surface area (Å²) < 4.78 is 35.0. The van der Waals surface area contributed by atoms with Gasteiger partial charge in [-0.05, 0) is 11.6 Å². The van der Waals surface area contributed by atoms with Gasteiger partial charge in [0.05, 0.1) is 4.92 Å². The van der Waals surface area contributed by atoms with Crippen LogP contribution in [-0.2, 0) is 4.79 Å². The molecule has 0 aliphatic carbocycles. The lowest BCUT2D eigenvalue weighted by Crippen LogP contribution is -2.53. The van der Waals surface area contributed by atoms with E-state index in [1.54, 1.807) is 0 Å². The van der Waals surface area contributed by atoms with Gasteiger partial charge >= 0.3 is 17.1 Å². The van der Waals surface area contributed by atoms with Gasteiger partial charge in [-0.15, -0.1) is 0 Å². The van der Waals surface area contributed by atoms with E-state index in [4.69, 9.17) is 5.11 Å². The van der Waals surface area contributed by atoms with Crippen molar-refractivity contribution in [1.82, 2.24) is 0 Å². The van der Waals surface area contributed by atoms with Gasteiger partial charge in [0, 0.05) is 0 Å². The number of carbonyl (C=O) groups is 1. The summed E-state index contributed by atoms with van der Waals surface area (Å²) in [6.07, 6.45) is -5.64. The lowest BCUT2D eigenvalue weighted by Gasteiger charge is -2.15. The zero-order valence-corrected chi connectivity index (χ0v) is 5.89. The molecule has 0 radical (unpaired) electrons. The van der Waals surface area contributed by atoms with Crippen LogP contribution in [0.1, 0.15) is 0 Å². The minimum Gasteiger partial charge on any atom is -0.475 e. The Balaban J connectivity index is 5.17. The number of carboxylic acid groups (broad SMARTS) is 1. The first-order valence-corrected chi connectivity index (χ1v) is 2.65. The van der Waals surface area contributed by atoms with Crippen molar-refractivity contribution in [2.24, 2.45) is 0 Å². The molecule has 12 heavy (non-hydrogen) atoms. The van der Waals surface area contributed by atoms with Crippen LogP contribution < -0.4 is 0 Å². The van der Waals surface area contributed by atoms with Crippen LogP contribution >= 0.6 is 11.6 Å². The Morgan fingerprint density at radius 3 is 1.83 bits per heavy atom. The Morgan fingerprint density at radius 1 is 1.50 bits per heavy atom. The molecule has 0 spiro atoms. The van der Waals surface area contributed by atoms with Crippen LogP contribution in [0, 0.1) is 10.1 Å². The van der Waals surface area contributed by atoms with E-state index in [9.17, 15) is 28.1 Å². The first-order chi connectivity index (χ1) is 5.14. The minimum absolute atomic E-state index is 2.11. The Hall–Kier alpha value is -1.05. The quantitative estimate of drug-likeness (QED) is 0.315. The molecule has 1 atom stereocenters. The van der Waals surface area contributed by atoms with Crippen LogP contribution in [0.15, 0.2) is 0 Å². The number of nitro groups is 1. The summed E-state index contributed by atoms with van der Waals surface area (Å²) in [6, 6.07) is 0. The van der Waals surface area contributed by atoms with Gasteiger partial charge in [0.25, 0.3) is 0 Å². The van der Waals surface area contributed by atoms with Crippen LogP contribution in [-0.4, -0.2) is 27.2 Å². The molecule has 0 aromatic carbocycles. The lowest BCUT2D eigenvalue weighted by molar-refractivity contribution is -0.568. The lowest BCUT2D eigenvalue weighted by atomic mass is 10.3. The van der Waals surface area contributed by atoms with Crippen molar-refractivity contribution in [3.63, 3.8) is 0 Å². The Bertz CT molecular complexity index is 212. The molecule has 9 heteroatoms. The smallest absolute Gasteiger partial charge is 0.475 e. The minimum atomic E-state index is -5.64. The second kappa shape index (κ2) is 2.77.